The maximum Gasteiger partial charge on any atom is 0.0516 e. The number of hydrogen-bond donors (Lipinski definition) is 1. The van der Waals surface area contributed by atoms with E-state index in [-0.39, 0.29) is 0 Å². The first-order chi connectivity index (χ1) is 8.79. The Morgan fingerprint density at radius 2 is 2.06 bits per heavy atom. The second-order valence-electron chi connectivity index (χ2n) is 5.63. The molecule has 0 aromatic carbocycles. The van der Waals surface area contributed by atoms with E-state index in [0.717, 1.165) is 23.5 Å². The van der Waals surface area contributed by atoms with Crippen molar-refractivity contribution in [2.24, 2.45) is 5.92 Å². The largest absolute Gasteiger partial charge is 0.314 e. The molecule has 4 heteroatoms. The Bertz CT molecular complexity index is 381. The fraction of sp³-hybridized carbons (Fsp3) is 0.714. The second-order valence-corrected chi connectivity index (χ2v) is 7.07. The highest BCUT2D eigenvalue weighted by molar-refractivity contribution is 7.10. The highest BCUT2D eigenvalue weighted by Gasteiger charge is 2.24. The van der Waals surface area contributed by atoms with Crippen LogP contribution < -0.4 is 5.32 Å². The van der Waals surface area contributed by atoms with Crippen molar-refractivity contribution in [3.8, 4) is 0 Å². The van der Waals surface area contributed by atoms with Crippen LogP contribution in [-0.2, 0) is 6.54 Å². The number of nitrogens with one attached hydrogen (secondary N) is 1. The molecule has 2 aliphatic rings. The van der Waals surface area contributed by atoms with Crippen molar-refractivity contribution >= 4 is 22.9 Å². The van der Waals surface area contributed by atoms with Crippen molar-refractivity contribution < 1.29 is 0 Å². The van der Waals surface area contributed by atoms with E-state index in [1.54, 1.807) is 11.3 Å². The third kappa shape index (κ3) is 3.70. The standard InChI is InChI=1S/C14H21ClN2S/c15-12-7-14(18-10-12)9-17-5-3-13(4-6-17)16-8-11-1-2-11/h7,10-11,13,16H,1-6,8-9H2. The van der Waals surface area contributed by atoms with Gasteiger partial charge >= 0.3 is 0 Å². The van der Waals surface area contributed by atoms with Gasteiger partial charge in [0, 0.05) is 22.8 Å². The third-order valence-electron chi connectivity index (χ3n) is 3.98. The molecule has 1 saturated heterocycles. The smallest absolute Gasteiger partial charge is 0.0516 e. The quantitative estimate of drug-likeness (QED) is 0.892. The molecule has 1 N–H and O–H groups in total. The molecule has 0 atom stereocenters. The van der Waals surface area contributed by atoms with E-state index < -0.39 is 0 Å². The molecule has 1 aliphatic carbocycles. The lowest BCUT2D eigenvalue weighted by molar-refractivity contribution is 0.191. The van der Waals surface area contributed by atoms with Gasteiger partial charge in [-0.15, -0.1) is 11.3 Å². The molecule has 0 radical (unpaired) electrons. The van der Waals surface area contributed by atoms with E-state index >= 15 is 0 Å². The molecule has 0 bridgehead atoms. The fourth-order valence-corrected chi connectivity index (χ4v) is 3.72. The van der Waals surface area contributed by atoms with Crippen LogP contribution in [0.1, 0.15) is 30.6 Å². The van der Waals surface area contributed by atoms with Gasteiger partial charge in [0.2, 0.25) is 0 Å². The number of thiophene rings is 1. The lowest BCUT2D eigenvalue weighted by Crippen LogP contribution is -2.42. The predicted molar refractivity (Wildman–Crippen MR) is 78.4 cm³/mol. The molecule has 3 rings (SSSR count). The average molecular weight is 285 g/mol. The number of piperidine rings is 1. The first-order valence-corrected chi connectivity index (χ1v) is 8.24. The van der Waals surface area contributed by atoms with Crippen LogP contribution in [0.15, 0.2) is 11.4 Å². The van der Waals surface area contributed by atoms with Crippen molar-refractivity contribution in [1.82, 2.24) is 10.2 Å². The molecule has 1 aliphatic heterocycles. The maximum atomic E-state index is 5.96. The number of halogens is 1. The van der Waals surface area contributed by atoms with Crippen molar-refractivity contribution in [3.05, 3.63) is 21.3 Å². The molecule has 2 nitrogen and oxygen atoms in total. The summed E-state index contributed by atoms with van der Waals surface area (Å²) in [5.41, 5.74) is 0. The molecule has 1 aromatic rings. The molecule has 0 unspecified atom stereocenters. The van der Waals surface area contributed by atoms with E-state index in [9.17, 15) is 0 Å². The summed E-state index contributed by atoms with van der Waals surface area (Å²) in [6, 6.07) is 2.86. The third-order valence-corrected chi connectivity index (χ3v) is 5.25. The van der Waals surface area contributed by atoms with Crippen LogP contribution in [0.3, 0.4) is 0 Å². The Morgan fingerprint density at radius 1 is 1.28 bits per heavy atom. The van der Waals surface area contributed by atoms with Gasteiger partial charge in [0.25, 0.3) is 0 Å². The minimum absolute atomic E-state index is 0.758. The number of hydrogen-bond acceptors (Lipinski definition) is 3. The molecule has 18 heavy (non-hydrogen) atoms. The van der Waals surface area contributed by atoms with Gasteiger partial charge in [-0.1, -0.05) is 11.6 Å². The molecule has 100 valence electrons. The number of likely N-dealkylation sites (tertiary alicyclic amines) is 1. The van der Waals surface area contributed by atoms with Crippen LogP contribution in [0.5, 0.6) is 0 Å². The highest BCUT2D eigenvalue weighted by Crippen LogP contribution is 2.28. The van der Waals surface area contributed by atoms with Crippen molar-refractivity contribution in [2.45, 2.75) is 38.3 Å². The first kappa shape index (κ1) is 12.9. The fourth-order valence-electron chi connectivity index (χ4n) is 2.61. The van der Waals surface area contributed by atoms with E-state index in [1.165, 1.54) is 50.2 Å². The minimum atomic E-state index is 0.758. The zero-order valence-corrected chi connectivity index (χ0v) is 12.3. The molecule has 1 saturated carbocycles. The molecule has 2 fully saturated rings. The Morgan fingerprint density at radius 3 is 2.67 bits per heavy atom. The number of nitrogens with zero attached hydrogens (tertiary/aromatic N) is 1. The summed E-state index contributed by atoms with van der Waals surface area (Å²) in [6.07, 6.45) is 5.49. The van der Waals surface area contributed by atoms with Gasteiger partial charge in [-0.2, -0.15) is 0 Å². The Kier molecular flexibility index (Phi) is 4.24. The summed E-state index contributed by atoms with van der Waals surface area (Å²) in [4.78, 5) is 3.95. The average Bonchev–Trinajstić information content (AvgIpc) is 3.12. The summed E-state index contributed by atoms with van der Waals surface area (Å²) >= 11 is 7.74. The summed E-state index contributed by atoms with van der Waals surface area (Å²) in [6.45, 7) is 4.77. The van der Waals surface area contributed by atoms with Crippen LogP contribution in [0.4, 0.5) is 0 Å². The highest BCUT2D eigenvalue weighted by atomic mass is 35.5. The van der Waals surface area contributed by atoms with Crippen LogP contribution >= 0.6 is 22.9 Å². The number of rotatable bonds is 5. The molecule has 0 spiro atoms. The van der Waals surface area contributed by atoms with Gasteiger partial charge in [0.05, 0.1) is 5.02 Å². The zero-order valence-electron chi connectivity index (χ0n) is 10.7. The van der Waals surface area contributed by atoms with E-state index in [0.29, 0.717) is 0 Å². The lowest BCUT2D eigenvalue weighted by atomic mass is 10.0. The Balaban J connectivity index is 1.39. The summed E-state index contributed by atoms with van der Waals surface area (Å²) in [7, 11) is 0. The predicted octanol–water partition coefficient (Wildman–Crippen LogP) is 3.37. The molecule has 1 aromatic heterocycles. The van der Waals surface area contributed by atoms with Gasteiger partial charge in [0.15, 0.2) is 0 Å². The van der Waals surface area contributed by atoms with Gasteiger partial charge in [-0.3, -0.25) is 4.90 Å². The Hall–Kier alpha value is -0.0900. The van der Waals surface area contributed by atoms with E-state index in [2.05, 4.69) is 16.3 Å². The van der Waals surface area contributed by atoms with Crippen LogP contribution in [0.25, 0.3) is 0 Å². The summed E-state index contributed by atoms with van der Waals surface area (Å²) in [5.74, 6) is 0.997. The van der Waals surface area contributed by atoms with E-state index in [4.69, 9.17) is 11.6 Å². The van der Waals surface area contributed by atoms with Crippen molar-refractivity contribution in [3.63, 3.8) is 0 Å². The monoisotopic (exact) mass is 284 g/mol. The molecular formula is C14H21ClN2S. The minimum Gasteiger partial charge on any atom is -0.314 e. The molecular weight excluding hydrogens is 264 g/mol. The van der Waals surface area contributed by atoms with Gasteiger partial charge < -0.3 is 5.32 Å². The molecule has 0 amide bonds. The summed E-state index contributed by atoms with van der Waals surface area (Å²) in [5, 5.41) is 6.64. The van der Waals surface area contributed by atoms with Crippen molar-refractivity contribution in [1.29, 1.82) is 0 Å². The Labute approximate surface area is 118 Å². The van der Waals surface area contributed by atoms with Crippen molar-refractivity contribution in [2.75, 3.05) is 19.6 Å². The SMILES string of the molecule is Clc1csc(CN2CCC(NCC3CC3)CC2)c1. The zero-order chi connectivity index (χ0) is 12.4. The van der Waals surface area contributed by atoms with Gasteiger partial charge in [-0.25, -0.2) is 0 Å². The van der Waals surface area contributed by atoms with Crippen LogP contribution in [0, 0.1) is 5.92 Å². The molecule has 2 heterocycles. The normalized spacial score (nSPS) is 22.5. The summed E-state index contributed by atoms with van der Waals surface area (Å²) < 4.78 is 0. The van der Waals surface area contributed by atoms with E-state index in [1.807, 2.05) is 5.38 Å². The topological polar surface area (TPSA) is 15.3 Å². The second kappa shape index (κ2) is 5.91. The van der Waals surface area contributed by atoms with Crippen LogP contribution in [-0.4, -0.2) is 30.6 Å². The van der Waals surface area contributed by atoms with Crippen LogP contribution in [0.2, 0.25) is 5.02 Å². The van der Waals surface area contributed by atoms with Gasteiger partial charge in [-0.05, 0) is 57.3 Å². The van der Waals surface area contributed by atoms with Gasteiger partial charge in [0.1, 0.15) is 0 Å². The lowest BCUT2D eigenvalue weighted by Gasteiger charge is -2.32. The first-order valence-electron chi connectivity index (χ1n) is 6.98. The maximum absolute atomic E-state index is 5.96.